The molecule has 0 aromatic heterocycles. The molecule has 340 valence electrons. The second-order valence-corrected chi connectivity index (χ2v) is 15.4. The van der Waals surface area contributed by atoms with E-state index in [1.165, 1.54) is 47.7 Å². The number of rotatable bonds is 16. The molecule has 16 nitrogen and oxygen atoms in total. The maximum atomic E-state index is 14.0. The number of ether oxygens (including phenoxy) is 6. The molecule has 1 heterocycles. The Morgan fingerprint density at radius 2 is 1.60 bits per heavy atom. The number of fused-ring (bicyclic) bond motifs is 2. The summed E-state index contributed by atoms with van der Waals surface area (Å²) in [7, 11) is 7.48. The molecule has 0 fully saturated rings. The average Bonchev–Trinajstić information content (AvgIpc) is 3.24. The molecule has 3 rings (SSSR count). The van der Waals surface area contributed by atoms with Crippen molar-refractivity contribution in [1.82, 2.24) is 16.0 Å². The number of carbonyl (C=O) groups is 5. The summed E-state index contributed by atoms with van der Waals surface area (Å²) in [6.45, 7) is 7.86. The van der Waals surface area contributed by atoms with E-state index >= 15 is 0 Å². The van der Waals surface area contributed by atoms with Crippen molar-refractivity contribution in [2.24, 2.45) is 17.6 Å². The lowest BCUT2D eigenvalue weighted by molar-refractivity contribution is -0.120. The highest BCUT2D eigenvalue weighted by Crippen LogP contribution is 2.38. The largest absolute Gasteiger partial charge is 0.493 e. The van der Waals surface area contributed by atoms with Gasteiger partial charge >= 0.3 is 6.09 Å². The molecule has 2 aliphatic rings. The number of Topliss-reactive ketones (excluding diaryl/α,β-unsaturated/α-hetero) is 1. The number of aliphatic hydroxyl groups is 1. The molecule has 0 saturated carbocycles. The minimum Gasteiger partial charge on any atom is -0.493 e. The molecule has 2 bridgehead atoms. The maximum absolute atomic E-state index is 14.0. The van der Waals surface area contributed by atoms with Gasteiger partial charge in [0.1, 0.15) is 6.10 Å². The van der Waals surface area contributed by atoms with E-state index in [4.69, 9.17) is 34.2 Å². The first-order valence-corrected chi connectivity index (χ1v) is 20.7. The molecule has 6 N–H and O–H groups in total. The Kier molecular flexibility index (Phi) is 20.6. The number of unbranched alkanes of at least 4 members (excludes halogenated alkanes) is 3. The lowest BCUT2D eigenvalue weighted by Crippen LogP contribution is -2.38. The van der Waals surface area contributed by atoms with Gasteiger partial charge in [-0.3, -0.25) is 19.2 Å². The fourth-order valence-corrected chi connectivity index (χ4v) is 7.24. The van der Waals surface area contributed by atoms with Crippen molar-refractivity contribution >= 4 is 35.6 Å². The third-order valence-electron chi connectivity index (χ3n) is 10.6. The highest BCUT2D eigenvalue weighted by atomic mass is 16.6. The summed E-state index contributed by atoms with van der Waals surface area (Å²) in [6.07, 6.45) is 9.69. The maximum Gasteiger partial charge on any atom is 0.405 e. The summed E-state index contributed by atoms with van der Waals surface area (Å²) in [4.78, 5) is 65.3. The molecule has 1 aromatic carbocycles. The van der Waals surface area contributed by atoms with Crippen LogP contribution in [0, 0.1) is 11.8 Å². The SMILES string of the molecule is COc1cc(/C=C/C(=O)NCCCCCCNC2=C3C[C@@H](C)C[C@H](OC)[C@H](O)[C@@H](C)/C=C(\C)[C@H](OC(N)=O)[C@@H](OC)/C=C\C=C(/C)C(=O)NC(=CC2=O)C3=O)cc(OC)c1OC. The van der Waals surface area contributed by atoms with Gasteiger partial charge < -0.3 is 55.2 Å². The number of methoxy groups -OCH3 is 5. The van der Waals surface area contributed by atoms with Crippen LogP contribution in [-0.2, 0) is 33.4 Å². The number of nitrogens with two attached hydrogens (primary N) is 1. The van der Waals surface area contributed by atoms with Crippen LogP contribution in [0.2, 0.25) is 0 Å². The van der Waals surface area contributed by atoms with Crippen LogP contribution in [0.4, 0.5) is 4.79 Å². The summed E-state index contributed by atoms with van der Waals surface area (Å²) in [5.41, 5.74) is 7.14. The van der Waals surface area contributed by atoms with Crippen LogP contribution in [0.1, 0.15) is 71.8 Å². The van der Waals surface area contributed by atoms with Crippen LogP contribution >= 0.6 is 0 Å². The molecule has 1 aromatic rings. The highest BCUT2D eigenvalue weighted by molar-refractivity contribution is 6.23. The molecule has 3 amide bonds. The molecule has 0 unspecified atom stereocenters. The van der Waals surface area contributed by atoms with Gasteiger partial charge in [-0.1, -0.05) is 51.0 Å². The monoisotopic (exact) mass is 864 g/mol. The summed E-state index contributed by atoms with van der Waals surface area (Å²) in [5.74, 6) is -1.09. The van der Waals surface area contributed by atoms with Gasteiger partial charge in [0, 0.05) is 56.5 Å². The number of allylic oxidation sites excluding steroid dienone is 4. The van der Waals surface area contributed by atoms with Gasteiger partial charge in [-0.05, 0) is 74.8 Å². The second-order valence-electron chi connectivity index (χ2n) is 15.4. The van der Waals surface area contributed by atoms with E-state index in [9.17, 15) is 29.1 Å². The molecule has 6 atom stereocenters. The number of hydrogen-bond donors (Lipinski definition) is 5. The number of nitrogens with one attached hydrogen (secondary N) is 3. The zero-order chi connectivity index (χ0) is 45.9. The Balaban J connectivity index is 1.71. The number of primary amides is 1. The minimum atomic E-state index is -1.01. The Labute approximate surface area is 364 Å². The summed E-state index contributed by atoms with van der Waals surface area (Å²) < 4.78 is 32.9. The van der Waals surface area contributed by atoms with Gasteiger partial charge in [0.25, 0.3) is 5.91 Å². The molecule has 0 saturated heterocycles. The van der Waals surface area contributed by atoms with E-state index in [1.807, 2.05) is 6.92 Å². The van der Waals surface area contributed by atoms with Crippen LogP contribution < -0.4 is 35.9 Å². The van der Waals surface area contributed by atoms with Crippen LogP contribution in [0.5, 0.6) is 17.2 Å². The first-order valence-electron chi connectivity index (χ1n) is 20.7. The van der Waals surface area contributed by atoms with Gasteiger partial charge in [0.05, 0.1) is 44.9 Å². The molecule has 16 heteroatoms. The van der Waals surface area contributed by atoms with E-state index < -0.39 is 53.9 Å². The summed E-state index contributed by atoms with van der Waals surface area (Å²) in [6, 6.07) is 3.49. The molecule has 1 aliphatic carbocycles. The van der Waals surface area contributed by atoms with Crippen molar-refractivity contribution in [2.45, 2.75) is 90.6 Å². The minimum absolute atomic E-state index is 0.149. The van der Waals surface area contributed by atoms with Crippen LogP contribution in [0.3, 0.4) is 0 Å². The van der Waals surface area contributed by atoms with Gasteiger partial charge in [-0.2, -0.15) is 0 Å². The summed E-state index contributed by atoms with van der Waals surface area (Å²) in [5, 5.41) is 20.1. The van der Waals surface area contributed by atoms with Crippen molar-refractivity contribution in [3.05, 3.63) is 82.3 Å². The van der Waals surface area contributed by atoms with Crippen molar-refractivity contribution in [3.8, 4) is 17.2 Å². The molecule has 62 heavy (non-hydrogen) atoms. The lowest BCUT2D eigenvalue weighted by Gasteiger charge is -2.30. The summed E-state index contributed by atoms with van der Waals surface area (Å²) >= 11 is 0. The van der Waals surface area contributed by atoms with E-state index in [-0.39, 0.29) is 40.8 Å². The van der Waals surface area contributed by atoms with E-state index in [0.717, 1.165) is 25.3 Å². The van der Waals surface area contributed by atoms with Gasteiger partial charge in [0.15, 0.2) is 17.6 Å². The number of carbonyl (C=O) groups excluding carboxylic acids is 5. The lowest BCUT2D eigenvalue weighted by atomic mass is 9.85. The van der Waals surface area contributed by atoms with Gasteiger partial charge in [-0.15, -0.1) is 0 Å². The Hall–Kier alpha value is -5.71. The molecule has 1 aliphatic heterocycles. The molecular weight excluding hydrogens is 801 g/mol. The third-order valence-corrected chi connectivity index (χ3v) is 10.6. The highest BCUT2D eigenvalue weighted by Gasteiger charge is 2.33. The fraction of sp³-hybridized carbons (Fsp3) is 0.500. The Bertz CT molecular complexity index is 1920. The topological polar surface area (TPSA) is 223 Å². The first kappa shape index (κ1) is 50.6. The number of benzene rings is 1. The van der Waals surface area contributed by atoms with Crippen molar-refractivity contribution in [3.63, 3.8) is 0 Å². The Morgan fingerprint density at radius 1 is 0.935 bits per heavy atom. The van der Waals surface area contributed by atoms with E-state index in [2.05, 4.69) is 16.0 Å². The molecule has 0 radical (unpaired) electrons. The van der Waals surface area contributed by atoms with Crippen LogP contribution in [0.25, 0.3) is 6.08 Å². The van der Waals surface area contributed by atoms with Crippen molar-refractivity contribution in [2.75, 3.05) is 48.6 Å². The second kappa shape index (κ2) is 25.3. The molecule has 0 spiro atoms. The quantitative estimate of drug-likeness (QED) is 0.0655. The number of hydrogen-bond acceptors (Lipinski definition) is 13. The van der Waals surface area contributed by atoms with Gasteiger partial charge in [0.2, 0.25) is 23.2 Å². The van der Waals surface area contributed by atoms with Crippen LogP contribution in [0.15, 0.2) is 76.7 Å². The average molecular weight is 865 g/mol. The van der Waals surface area contributed by atoms with Crippen molar-refractivity contribution < 1.29 is 57.5 Å². The van der Waals surface area contributed by atoms with Crippen molar-refractivity contribution in [1.29, 1.82) is 0 Å². The zero-order valence-corrected chi connectivity index (χ0v) is 37.3. The van der Waals surface area contributed by atoms with Crippen LogP contribution in [-0.4, -0.2) is 108 Å². The normalized spacial score (nSPS) is 25.1. The number of ketones is 2. The Morgan fingerprint density at radius 3 is 2.19 bits per heavy atom. The number of amides is 3. The smallest absolute Gasteiger partial charge is 0.405 e. The first-order chi connectivity index (χ1) is 29.6. The predicted molar refractivity (Wildman–Crippen MR) is 234 cm³/mol. The standard InChI is InChI=1S/C46H64N4O12/c1-27-21-32-40(49-20-13-11-10-12-19-48-39(52)18-17-31-24-37(59-7)44(61-9)38(25-31)60-8)34(51)26-33(42(32)54)50-45(55)28(2)15-14-16-35(57-5)43(62-46(47)56)30(4)23-29(3)41(53)36(22-27)58-6/h14-18,23-27,29,35-36,41,43,49,53H,10-13,19-22H2,1-9H3,(H2,47,56)(H,48,52)(H,50,55)/b16-14-,18-17+,28-15+,30-23+/t27-,29+,35+,36+,41-,43+/m1/s1. The fourth-order valence-electron chi connectivity index (χ4n) is 7.24. The third kappa shape index (κ3) is 14.7. The van der Waals surface area contributed by atoms with Gasteiger partial charge in [-0.25, -0.2) is 4.79 Å². The van der Waals surface area contributed by atoms with E-state index in [1.54, 1.807) is 57.2 Å². The predicted octanol–water partition coefficient (Wildman–Crippen LogP) is 4.77. The molecular formula is C46H64N4O12. The zero-order valence-electron chi connectivity index (χ0n) is 37.3. The number of aliphatic hydroxyl groups excluding tert-OH is 1. The van der Waals surface area contributed by atoms with E-state index in [0.29, 0.717) is 54.3 Å².